The lowest BCUT2D eigenvalue weighted by atomic mass is 9.82. The van der Waals surface area contributed by atoms with Crippen LogP contribution in [0.15, 0.2) is 65.7 Å². The van der Waals surface area contributed by atoms with E-state index in [1.807, 2.05) is 13.3 Å². The molecule has 3 aromatic rings. The zero-order valence-corrected chi connectivity index (χ0v) is 25.2. The van der Waals surface area contributed by atoms with Crippen LogP contribution in [0.25, 0.3) is 0 Å². The number of rotatable bonds is 11. The van der Waals surface area contributed by atoms with Gasteiger partial charge in [-0.15, -0.1) is 0 Å². The van der Waals surface area contributed by atoms with E-state index >= 15 is 0 Å². The van der Waals surface area contributed by atoms with Crippen molar-refractivity contribution in [3.8, 4) is 5.75 Å². The molecule has 0 aliphatic rings. The molecule has 0 fully saturated rings. The number of nitrogens with zero attached hydrogens (tertiary/aromatic N) is 1. The number of ether oxygens (including phenoxy) is 1. The Bertz CT molecular complexity index is 1190. The smallest absolute Gasteiger partial charge is 0.126 e. The van der Waals surface area contributed by atoms with E-state index in [1.54, 1.807) is 0 Å². The second-order valence-corrected chi connectivity index (χ2v) is 13.5. The standard InChI is InChI=1S/C34H46NOP/c1-9-10-14-19-34(7,37-31-18-17-25(2)20-28(31)23-35-8)30-22-29(33(4,5)6)21-26(3)32(30)36-24-27-15-12-11-13-16-27/h11-13,15-18,20-23,37H,9-10,14,19,24H2,1-8H3. The molecule has 0 bridgehead atoms. The molecule has 2 atom stereocenters. The van der Waals surface area contributed by atoms with Crippen LogP contribution >= 0.6 is 8.58 Å². The minimum absolute atomic E-state index is 0.0429. The van der Waals surface area contributed by atoms with Gasteiger partial charge >= 0.3 is 0 Å². The fraction of sp³-hybridized carbons (Fsp3) is 0.441. The predicted octanol–water partition coefficient (Wildman–Crippen LogP) is 9.03. The molecule has 0 N–H and O–H groups in total. The normalized spacial score (nSPS) is 13.9. The maximum atomic E-state index is 6.69. The van der Waals surface area contributed by atoms with E-state index in [0.717, 1.165) is 12.2 Å². The van der Waals surface area contributed by atoms with E-state index in [2.05, 4.69) is 114 Å². The van der Waals surface area contributed by atoms with Gasteiger partial charge in [-0.25, -0.2) is 0 Å². The van der Waals surface area contributed by atoms with Gasteiger partial charge in [0, 0.05) is 24.0 Å². The van der Waals surface area contributed by atoms with Crippen LogP contribution in [0.5, 0.6) is 5.75 Å². The second-order valence-electron chi connectivity index (χ2n) is 11.6. The molecule has 3 rings (SSSR count). The molecule has 0 aromatic heterocycles. The summed E-state index contributed by atoms with van der Waals surface area (Å²) in [6, 6.07) is 22.1. The number of benzene rings is 3. The molecular formula is C34H46NOP. The first kappa shape index (κ1) is 29.1. The zero-order chi connectivity index (χ0) is 27.1. The molecule has 0 aliphatic carbocycles. The molecule has 198 valence electrons. The zero-order valence-electron chi connectivity index (χ0n) is 24.2. The Balaban J connectivity index is 2.16. The van der Waals surface area contributed by atoms with Gasteiger partial charge < -0.3 is 4.74 Å². The van der Waals surface area contributed by atoms with Gasteiger partial charge in [0.05, 0.1) is 0 Å². The molecule has 0 saturated heterocycles. The van der Waals surface area contributed by atoms with Crippen molar-refractivity contribution in [1.82, 2.24) is 0 Å². The largest absolute Gasteiger partial charge is 0.488 e. The Hall–Kier alpha value is -2.44. The third-order valence-electron chi connectivity index (χ3n) is 7.13. The lowest BCUT2D eigenvalue weighted by molar-refractivity contribution is 0.296. The highest BCUT2D eigenvalue weighted by Crippen LogP contribution is 2.50. The van der Waals surface area contributed by atoms with Crippen LogP contribution in [-0.4, -0.2) is 13.3 Å². The Morgan fingerprint density at radius 2 is 1.65 bits per heavy atom. The highest BCUT2D eigenvalue weighted by Gasteiger charge is 2.33. The summed E-state index contributed by atoms with van der Waals surface area (Å²) in [5, 5.41) is 1.33. The van der Waals surface area contributed by atoms with Crippen molar-refractivity contribution < 1.29 is 4.74 Å². The number of hydrogen-bond donors (Lipinski definition) is 0. The topological polar surface area (TPSA) is 21.6 Å². The first-order chi connectivity index (χ1) is 17.6. The van der Waals surface area contributed by atoms with Crippen LogP contribution in [0.3, 0.4) is 0 Å². The molecule has 2 unspecified atom stereocenters. The van der Waals surface area contributed by atoms with Crippen LogP contribution < -0.4 is 10.0 Å². The van der Waals surface area contributed by atoms with Crippen molar-refractivity contribution in [2.45, 2.75) is 91.3 Å². The first-order valence-electron chi connectivity index (χ1n) is 13.7. The molecular weight excluding hydrogens is 469 g/mol. The molecule has 3 aromatic carbocycles. The summed E-state index contributed by atoms with van der Waals surface area (Å²) in [7, 11) is 2.48. The average Bonchev–Trinajstić information content (AvgIpc) is 2.85. The monoisotopic (exact) mass is 515 g/mol. The highest BCUT2D eigenvalue weighted by molar-refractivity contribution is 7.48. The lowest BCUT2D eigenvalue weighted by Crippen LogP contribution is -2.24. The Kier molecular flexibility index (Phi) is 10.1. The molecule has 0 saturated carbocycles. The van der Waals surface area contributed by atoms with Crippen LogP contribution in [0.4, 0.5) is 0 Å². The second kappa shape index (κ2) is 12.9. The molecule has 0 heterocycles. The summed E-state index contributed by atoms with van der Waals surface area (Å²) in [5.74, 6) is 1.06. The molecule has 0 spiro atoms. The maximum Gasteiger partial charge on any atom is 0.126 e. The van der Waals surface area contributed by atoms with Gasteiger partial charge in [-0.2, -0.15) is 0 Å². The van der Waals surface area contributed by atoms with Gasteiger partial charge in [-0.05, 0) is 59.3 Å². The van der Waals surface area contributed by atoms with Crippen molar-refractivity contribution >= 4 is 20.1 Å². The van der Waals surface area contributed by atoms with Gasteiger partial charge in [0.1, 0.15) is 12.4 Å². The van der Waals surface area contributed by atoms with Gasteiger partial charge in [-0.3, -0.25) is 4.99 Å². The number of aliphatic imine (C=N–C) groups is 1. The van der Waals surface area contributed by atoms with Crippen LogP contribution in [-0.2, 0) is 17.2 Å². The van der Waals surface area contributed by atoms with Crippen LogP contribution in [0, 0.1) is 13.8 Å². The van der Waals surface area contributed by atoms with E-state index < -0.39 is 0 Å². The van der Waals surface area contributed by atoms with E-state index in [1.165, 1.54) is 57.9 Å². The van der Waals surface area contributed by atoms with Crippen LogP contribution in [0.1, 0.15) is 93.7 Å². The highest BCUT2D eigenvalue weighted by atomic mass is 31.1. The molecule has 3 heteroatoms. The summed E-state index contributed by atoms with van der Waals surface area (Å²) < 4.78 is 6.69. The van der Waals surface area contributed by atoms with Crippen molar-refractivity contribution in [1.29, 1.82) is 0 Å². The van der Waals surface area contributed by atoms with Crippen molar-refractivity contribution in [3.05, 3.63) is 94.0 Å². The van der Waals surface area contributed by atoms with E-state index in [-0.39, 0.29) is 10.6 Å². The molecule has 0 amide bonds. The van der Waals surface area contributed by atoms with Gasteiger partial charge in [-0.1, -0.05) is 123 Å². The Morgan fingerprint density at radius 1 is 0.919 bits per heavy atom. The van der Waals surface area contributed by atoms with Gasteiger partial charge in [0.15, 0.2) is 0 Å². The number of unbranched alkanes of at least 4 members (excludes halogenated alkanes) is 2. The van der Waals surface area contributed by atoms with Gasteiger partial charge in [0.2, 0.25) is 0 Å². The fourth-order valence-electron chi connectivity index (χ4n) is 4.87. The molecule has 37 heavy (non-hydrogen) atoms. The van der Waals surface area contributed by atoms with Crippen molar-refractivity contribution in [3.63, 3.8) is 0 Å². The van der Waals surface area contributed by atoms with Gasteiger partial charge in [0.25, 0.3) is 0 Å². The predicted molar refractivity (Wildman–Crippen MR) is 165 cm³/mol. The van der Waals surface area contributed by atoms with E-state index in [4.69, 9.17) is 4.74 Å². The first-order valence-corrected chi connectivity index (χ1v) is 14.7. The van der Waals surface area contributed by atoms with Crippen LogP contribution in [0.2, 0.25) is 0 Å². The lowest BCUT2D eigenvalue weighted by Gasteiger charge is -2.35. The Labute approximate surface area is 227 Å². The minimum Gasteiger partial charge on any atom is -0.488 e. The SMILES string of the molecule is CCCCCC(C)(Pc1ccc(C)cc1C=NC)c1cc(C(C)(C)C)cc(C)c1OCc1ccccc1. The number of hydrogen-bond acceptors (Lipinski definition) is 2. The molecule has 0 aliphatic heterocycles. The summed E-state index contributed by atoms with van der Waals surface area (Å²) in [6.45, 7) is 16.6. The maximum absolute atomic E-state index is 6.69. The fourth-order valence-corrected chi connectivity index (χ4v) is 6.53. The Morgan fingerprint density at radius 3 is 2.30 bits per heavy atom. The quantitative estimate of drug-likeness (QED) is 0.142. The van der Waals surface area contributed by atoms with Crippen molar-refractivity contribution in [2.24, 2.45) is 4.99 Å². The third kappa shape index (κ3) is 7.78. The summed E-state index contributed by atoms with van der Waals surface area (Å²) in [4.78, 5) is 4.38. The van der Waals surface area contributed by atoms with E-state index in [9.17, 15) is 0 Å². The third-order valence-corrected chi connectivity index (χ3v) is 8.92. The summed E-state index contributed by atoms with van der Waals surface area (Å²) in [6.07, 6.45) is 6.82. The van der Waals surface area contributed by atoms with Crippen molar-refractivity contribution in [2.75, 3.05) is 7.05 Å². The van der Waals surface area contributed by atoms with E-state index in [0.29, 0.717) is 15.2 Å². The minimum atomic E-state index is -0.0429. The average molecular weight is 516 g/mol. The summed E-state index contributed by atoms with van der Waals surface area (Å²) >= 11 is 0. The summed E-state index contributed by atoms with van der Waals surface area (Å²) in [5.41, 5.74) is 7.72. The molecule has 0 radical (unpaired) electrons. The number of aryl methyl sites for hydroxylation is 2. The molecule has 2 nitrogen and oxygen atoms in total.